The average molecular weight is 351 g/mol. The lowest BCUT2D eigenvalue weighted by Gasteiger charge is -2.18. The van der Waals surface area contributed by atoms with E-state index in [0.717, 1.165) is 15.9 Å². The molecule has 2 rings (SSSR count). The van der Waals surface area contributed by atoms with Crippen LogP contribution in [0, 0.1) is 0 Å². The predicted molar refractivity (Wildman–Crippen MR) is 88.6 cm³/mol. The van der Waals surface area contributed by atoms with Gasteiger partial charge in [-0.2, -0.15) is 4.98 Å². The van der Waals surface area contributed by atoms with Crippen LogP contribution in [0.3, 0.4) is 0 Å². The van der Waals surface area contributed by atoms with Gasteiger partial charge in [0.2, 0.25) is 5.95 Å². The number of benzene rings is 1. The highest BCUT2D eigenvalue weighted by atomic mass is 79.9. The second-order valence-corrected chi connectivity index (χ2v) is 5.23. The minimum absolute atomic E-state index is 0.0264. The van der Waals surface area contributed by atoms with Crippen LogP contribution in [0.2, 0.25) is 0 Å². The fourth-order valence-corrected chi connectivity index (χ4v) is 2.34. The topological polar surface area (TPSA) is 59.1 Å². The summed E-state index contributed by atoms with van der Waals surface area (Å²) in [6.07, 6.45) is 1.70. The Morgan fingerprint density at radius 2 is 2.05 bits per heavy atom. The molecule has 0 bridgehead atoms. The van der Waals surface area contributed by atoms with E-state index < -0.39 is 0 Å². The predicted octanol–water partition coefficient (Wildman–Crippen LogP) is 3.47. The van der Waals surface area contributed by atoms with E-state index in [9.17, 15) is 0 Å². The zero-order chi connectivity index (χ0) is 15.1. The quantitative estimate of drug-likeness (QED) is 0.800. The first kappa shape index (κ1) is 15.7. The highest BCUT2D eigenvalue weighted by Crippen LogP contribution is 2.21. The molecular formula is C15H19BrN4O. The Morgan fingerprint density at radius 1 is 1.29 bits per heavy atom. The van der Waals surface area contributed by atoms with Crippen LogP contribution in [0.15, 0.2) is 41.0 Å². The Bertz CT molecular complexity index is 565. The third kappa shape index (κ3) is 4.41. The van der Waals surface area contributed by atoms with Crippen molar-refractivity contribution in [1.29, 1.82) is 0 Å². The minimum Gasteiger partial charge on any atom is -0.372 e. The zero-order valence-corrected chi connectivity index (χ0v) is 13.7. The monoisotopic (exact) mass is 350 g/mol. The van der Waals surface area contributed by atoms with E-state index >= 15 is 0 Å². The van der Waals surface area contributed by atoms with E-state index in [4.69, 9.17) is 4.74 Å². The van der Waals surface area contributed by atoms with Crippen LogP contribution in [0.4, 0.5) is 11.8 Å². The summed E-state index contributed by atoms with van der Waals surface area (Å²) in [6, 6.07) is 10.1. The Labute approximate surface area is 133 Å². The van der Waals surface area contributed by atoms with Gasteiger partial charge in [-0.15, -0.1) is 0 Å². The van der Waals surface area contributed by atoms with Crippen LogP contribution in [-0.4, -0.2) is 30.2 Å². The van der Waals surface area contributed by atoms with Crippen molar-refractivity contribution in [2.45, 2.75) is 13.0 Å². The Hall–Kier alpha value is -1.66. The van der Waals surface area contributed by atoms with Crippen molar-refractivity contribution in [1.82, 2.24) is 9.97 Å². The minimum atomic E-state index is -0.0264. The number of aromatic nitrogens is 2. The van der Waals surface area contributed by atoms with Crippen molar-refractivity contribution in [2.75, 3.05) is 30.8 Å². The van der Waals surface area contributed by atoms with Crippen molar-refractivity contribution in [2.24, 2.45) is 0 Å². The Balaban J connectivity index is 2.05. The summed E-state index contributed by atoms with van der Waals surface area (Å²) >= 11 is 3.39. The summed E-state index contributed by atoms with van der Waals surface area (Å²) in [5, 5.41) is 6.23. The summed E-state index contributed by atoms with van der Waals surface area (Å²) in [5.41, 5.74) is 1.14. The van der Waals surface area contributed by atoms with Crippen LogP contribution in [0.5, 0.6) is 0 Å². The molecule has 0 amide bonds. The molecule has 6 heteroatoms. The molecule has 1 unspecified atom stereocenters. The summed E-state index contributed by atoms with van der Waals surface area (Å²) in [4.78, 5) is 8.63. The summed E-state index contributed by atoms with van der Waals surface area (Å²) < 4.78 is 6.62. The molecule has 21 heavy (non-hydrogen) atoms. The Kier molecular flexibility index (Phi) is 5.95. The first-order valence-corrected chi connectivity index (χ1v) is 7.64. The number of nitrogens with zero attached hydrogens (tertiary/aromatic N) is 2. The molecule has 0 aliphatic rings. The number of anilines is 2. The van der Waals surface area contributed by atoms with Gasteiger partial charge in [-0.05, 0) is 28.4 Å². The number of hydrogen-bond donors (Lipinski definition) is 2. The van der Waals surface area contributed by atoms with Gasteiger partial charge in [-0.3, -0.25) is 0 Å². The van der Waals surface area contributed by atoms with E-state index in [1.165, 1.54) is 0 Å². The molecule has 1 atom stereocenters. The van der Waals surface area contributed by atoms with Gasteiger partial charge >= 0.3 is 0 Å². The molecule has 0 aliphatic carbocycles. The van der Waals surface area contributed by atoms with E-state index in [1.807, 2.05) is 32.2 Å². The highest BCUT2D eigenvalue weighted by Gasteiger charge is 2.12. The summed E-state index contributed by atoms with van der Waals surface area (Å²) in [5.74, 6) is 1.32. The van der Waals surface area contributed by atoms with E-state index in [0.29, 0.717) is 19.1 Å². The van der Waals surface area contributed by atoms with Crippen molar-refractivity contribution in [3.63, 3.8) is 0 Å². The van der Waals surface area contributed by atoms with Gasteiger partial charge in [0.25, 0.3) is 0 Å². The molecule has 5 nitrogen and oxygen atoms in total. The molecular weight excluding hydrogens is 332 g/mol. The van der Waals surface area contributed by atoms with E-state index in [-0.39, 0.29) is 6.10 Å². The first-order chi connectivity index (χ1) is 10.2. The van der Waals surface area contributed by atoms with Crippen LogP contribution in [0.1, 0.15) is 18.6 Å². The number of ether oxygens (including phenoxy) is 1. The van der Waals surface area contributed by atoms with Gasteiger partial charge < -0.3 is 15.4 Å². The molecule has 1 aromatic carbocycles. The van der Waals surface area contributed by atoms with Crippen LogP contribution >= 0.6 is 15.9 Å². The summed E-state index contributed by atoms with van der Waals surface area (Å²) in [7, 11) is 1.82. The van der Waals surface area contributed by atoms with Gasteiger partial charge in [-0.1, -0.05) is 30.3 Å². The maximum Gasteiger partial charge on any atom is 0.224 e. The number of rotatable bonds is 7. The molecule has 2 aromatic rings. The standard InChI is InChI=1S/C15H19BrN4O/c1-3-21-13(11-7-5-4-6-8-11)10-19-15-18-9-12(16)14(17-2)20-15/h4-9,13H,3,10H2,1-2H3,(H2,17,18,19,20). The highest BCUT2D eigenvalue weighted by molar-refractivity contribution is 9.10. The fraction of sp³-hybridized carbons (Fsp3) is 0.333. The van der Waals surface area contributed by atoms with E-state index in [2.05, 4.69) is 48.7 Å². The molecule has 0 saturated carbocycles. The number of halogens is 1. The van der Waals surface area contributed by atoms with Crippen LogP contribution in [0.25, 0.3) is 0 Å². The molecule has 0 fully saturated rings. The molecule has 1 heterocycles. The average Bonchev–Trinajstić information content (AvgIpc) is 2.53. The molecule has 0 saturated heterocycles. The Morgan fingerprint density at radius 3 is 2.71 bits per heavy atom. The second-order valence-electron chi connectivity index (χ2n) is 4.38. The van der Waals surface area contributed by atoms with Gasteiger partial charge in [0.05, 0.1) is 10.6 Å². The maximum atomic E-state index is 5.79. The van der Waals surface area contributed by atoms with Crippen molar-refractivity contribution in [3.05, 3.63) is 46.6 Å². The van der Waals surface area contributed by atoms with Crippen molar-refractivity contribution < 1.29 is 4.74 Å². The molecule has 0 radical (unpaired) electrons. The molecule has 1 aromatic heterocycles. The lowest BCUT2D eigenvalue weighted by atomic mass is 10.1. The van der Waals surface area contributed by atoms with Crippen molar-refractivity contribution >= 4 is 27.7 Å². The largest absolute Gasteiger partial charge is 0.372 e. The van der Waals surface area contributed by atoms with E-state index in [1.54, 1.807) is 6.20 Å². The molecule has 0 aliphatic heterocycles. The normalized spacial score (nSPS) is 12.0. The van der Waals surface area contributed by atoms with Crippen molar-refractivity contribution in [3.8, 4) is 0 Å². The fourth-order valence-electron chi connectivity index (χ4n) is 1.95. The SMILES string of the molecule is CCOC(CNc1ncc(Br)c(NC)n1)c1ccccc1. The zero-order valence-electron chi connectivity index (χ0n) is 12.1. The molecule has 112 valence electrons. The number of nitrogens with one attached hydrogen (secondary N) is 2. The number of hydrogen-bond acceptors (Lipinski definition) is 5. The summed E-state index contributed by atoms with van der Waals surface area (Å²) in [6.45, 7) is 3.26. The van der Waals surface area contributed by atoms with Crippen LogP contribution in [-0.2, 0) is 4.74 Å². The third-order valence-corrected chi connectivity index (χ3v) is 3.55. The smallest absolute Gasteiger partial charge is 0.224 e. The second kappa shape index (κ2) is 7.95. The van der Waals surface area contributed by atoms with Gasteiger partial charge in [0.15, 0.2) is 0 Å². The third-order valence-electron chi connectivity index (χ3n) is 2.97. The lowest BCUT2D eigenvalue weighted by Crippen LogP contribution is -2.17. The molecule has 0 spiro atoms. The lowest BCUT2D eigenvalue weighted by molar-refractivity contribution is 0.0718. The maximum absolute atomic E-state index is 5.79. The molecule has 2 N–H and O–H groups in total. The first-order valence-electron chi connectivity index (χ1n) is 6.85. The van der Waals surface area contributed by atoms with Crippen LogP contribution < -0.4 is 10.6 Å². The van der Waals surface area contributed by atoms with Gasteiger partial charge in [-0.25, -0.2) is 4.98 Å². The van der Waals surface area contributed by atoms with Gasteiger partial charge in [0.1, 0.15) is 5.82 Å². The van der Waals surface area contributed by atoms with Gasteiger partial charge in [0, 0.05) is 26.4 Å².